The molecule has 2 heterocycles. The van der Waals surface area contributed by atoms with Crippen molar-refractivity contribution in [2.24, 2.45) is 11.0 Å². The smallest absolute Gasteiger partial charge is 0.255 e. The molecule has 0 spiro atoms. The number of hydrazone groups is 1. The fourth-order valence-corrected chi connectivity index (χ4v) is 2.30. The van der Waals surface area contributed by atoms with Gasteiger partial charge in [0.1, 0.15) is 0 Å². The van der Waals surface area contributed by atoms with Crippen LogP contribution in [-0.2, 0) is 4.79 Å². The van der Waals surface area contributed by atoms with Crippen molar-refractivity contribution in [3.05, 3.63) is 24.3 Å². The van der Waals surface area contributed by atoms with Crippen LogP contribution in [0.2, 0.25) is 0 Å². The van der Waals surface area contributed by atoms with Crippen LogP contribution in [-0.4, -0.2) is 21.6 Å². The SMILES string of the molecule is O=C1CC(C2CC2)=NN1c1nc2ccccc2[nH]1. The van der Waals surface area contributed by atoms with Gasteiger partial charge in [0.05, 0.1) is 23.2 Å². The summed E-state index contributed by atoms with van der Waals surface area (Å²) >= 11 is 0. The third-order valence-electron chi connectivity index (χ3n) is 3.42. The van der Waals surface area contributed by atoms with Crippen LogP contribution in [0.1, 0.15) is 19.3 Å². The van der Waals surface area contributed by atoms with E-state index in [0.29, 0.717) is 18.3 Å². The largest absolute Gasteiger partial charge is 0.322 e. The number of H-pyrrole nitrogens is 1. The van der Waals surface area contributed by atoms with Crippen LogP contribution in [0.15, 0.2) is 29.4 Å². The van der Waals surface area contributed by atoms with Crippen molar-refractivity contribution in [1.29, 1.82) is 0 Å². The number of para-hydroxylation sites is 2. The van der Waals surface area contributed by atoms with Crippen molar-refractivity contribution in [3.8, 4) is 0 Å². The van der Waals surface area contributed by atoms with Gasteiger partial charge in [-0.2, -0.15) is 10.1 Å². The number of hydrogen-bond donors (Lipinski definition) is 1. The molecule has 1 fully saturated rings. The van der Waals surface area contributed by atoms with Crippen molar-refractivity contribution >= 4 is 28.6 Å². The summed E-state index contributed by atoms with van der Waals surface area (Å²) in [6.45, 7) is 0. The normalized spacial score (nSPS) is 19.7. The Balaban J connectivity index is 1.75. The van der Waals surface area contributed by atoms with Gasteiger partial charge in [-0.15, -0.1) is 0 Å². The molecule has 4 rings (SSSR count). The van der Waals surface area contributed by atoms with Gasteiger partial charge in [0.25, 0.3) is 5.91 Å². The monoisotopic (exact) mass is 240 g/mol. The van der Waals surface area contributed by atoms with Crippen molar-refractivity contribution in [2.75, 3.05) is 5.01 Å². The summed E-state index contributed by atoms with van der Waals surface area (Å²) < 4.78 is 0. The molecule has 5 nitrogen and oxygen atoms in total. The highest BCUT2D eigenvalue weighted by Crippen LogP contribution is 2.35. The quantitative estimate of drug-likeness (QED) is 0.873. The zero-order valence-corrected chi connectivity index (χ0v) is 9.76. The molecule has 1 saturated carbocycles. The van der Waals surface area contributed by atoms with Crippen LogP contribution < -0.4 is 5.01 Å². The van der Waals surface area contributed by atoms with E-state index in [1.54, 1.807) is 0 Å². The molecule has 2 aromatic rings. The van der Waals surface area contributed by atoms with Gasteiger partial charge in [0, 0.05) is 0 Å². The Bertz CT molecular complexity index is 635. The second kappa shape index (κ2) is 3.41. The Labute approximate surface area is 104 Å². The average molecular weight is 240 g/mol. The van der Waals surface area contributed by atoms with E-state index in [1.807, 2.05) is 24.3 Å². The first-order chi connectivity index (χ1) is 8.81. The second-order valence-corrected chi connectivity index (χ2v) is 4.83. The number of hydrogen-bond acceptors (Lipinski definition) is 3. The summed E-state index contributed by atoms with van der Waals surface area (Å²) in [4.78, 5) is 19.5. The summed E-state index contributed by atoms with van der Waals surface area (Å²) in [5, 5.41) is 5.81. The molecule has 5 heteroatoms. The van der Waals surface area contributed by atoms with Gasteiger partial charge in [-0.1, -0.05) is 12.1 Å². The zero-order valence-electron chi connectivity index (χ0n) is 9.76. The number of aromatic amines is 1. The maximum atomic E-state index is 11.9. The predicted octanol–water partition coefficient (Wildman–Crippen LogP) is 2.07. The lowest BCUT2D eigenvalue weighted by Gasteiger charge is -2.05. The van der Waals surface area contributed by atoms with Gasteiger partial charge in [-0.25, -0.2) is 4.98 Å². The molecular formula is C13H12N4O. The fourth-order valence-electron chi connectivity index (χ4n) is 2.30. The topological polar surface area (TPSA) is 61.4 Å². The number of fused-ring (bicyclic) bond motifs is 1. The molecule has 0 radical (unpaired) electrons. The number of imidazole rings is 1. The predicted molar refractivity (Wildman–Crippen MR) is 68.4 cm³/mol. The molecule has 0 atom stereocenters. The molecule has 1 aliphatic carbocycles. The average Bonchev–Trinajstić information content (AvgIpc) is 3.01. The molecule has 90 valence electrons. The maximum Gasteiger partial charge on any atom is 0.255 e. The summed E-state index contributed by atoms with van der Waals surface area (Å²) in [6, 6.07) is 7.73. The Kier molecular flexibility index (Phi) is 1.86. The second-order valence-electron chi connectivity index (χ2n) is 4.83. The van der Waals surface area contributed by atoms with Crippen molar-refractivity contribution in [1.82, 2.24) is 9.97 Å². The van der Waals surface area contributed by atoms with E-state index in [2.05, 4.69) is 15.1 Å². The van der Waals surface area contributed by atoms with Gasteiger partial charge in [-0.05, 0) is 30.9 Å². The minimum atomic E-state index is 0.0101. The Morgan fingerprint density at radius 2 is 2.11 bits per heavy atom. The molecule has 0 saturated heterocycles. The van der Waals surface area contributed by atoms with Gasteiger partial charge in [0.15, 0.2) is 0 Å². The molecule has 1 aliphatic heterocycles. The van der Waals surface area contributed by atoms with Crippen LogP contribution in [0.25, 0.3) is 11.0 Å². The number of nitrogens with zero attached hydrogens (tertiary/aromatic N) is 3. The van der Waals surface area contributed by atoms with Crippen LogP contribution in [0.5, 0.6) is 0 Å². The van der Waals surface area contributed by atoms with Crippen LogP contribution in [0, 0.1) is 5.92 Å². The summed E-state index contributed by atoms with van der Waals surface area (Å²) in [5.74, 6) is 1.07. The summed E-state index contributed by atoms with van der Waals surface area (Å²) in [5.41, 5.74) is 2.80. The summed E-state index contributed by atoms with van der Waals surface area (Å²) in [6.07, 6.45) is 2.78. The lowest BCUT2D eigenvalue weighted by Crippen LogP contribution is -2.20. The van der Waals surface area contributed by atoms with Gasteiger partial charge in [0.2, 0.25) is 5.95 Å². The van der Waals surface area contributed by atoms with E-state index >= 15 is 0 Å². The number of benzene rings is 1. The molecule has 0 bridgehead atoms. The Morgan fingerprint density at radius 3 is 2.89 bits per heavy atom. The molecule has 1 N–H and O–H groups in total. The lowest BCUT2D eigenvalue weighted by molar-refractivity contribution is -0.117. The number of nitrogens with one attached hydrogen (secondary N) is 1. The van der Waals surface area contributed by atoms with E-state index in [0.717, 1.165) is 16.7 Å². The number of carbonyl (C=O) groups is 1. The van der Waals surface area contributed by atoms with Gasteiger partial charge in [-0.3, -0.25) is 4.79 Å². The highest BCUT2D eigenvalue weighted by Gasteiger charge is 2.36. The first kappa shape index (κ1) is 9.82. The molecule has 2 aliphatic rings. The number of amides is 1. The Hall–Kier alpha value is -2.17. The number of anilines is 1. The maximum absolute atomic E-state index is 11.9. The van der Waals surface area contributed by atoms with Gasteiger partial charge < -0.3 is 4.98 Å². The van der Waals surface area contributed by atoms with Gasteiger partial charge >= 0.3 is 0 Å². The lowest BCUT2D eigenvalue weighted by atomic mass is 10.2. The summed E-state index contributed by atoms with van der Waals surface area (Å²) in [7, 11) is 0. The molecular weight excluding hydrogens is 228 g/mol. The third kappa shape index (κ3) is 1.44. The third-order valence-corrected chi connectivity index (χ3v) is 3.42. The molecule has 1 aromatic heterocycles. The fraction of sp³-hybridized carbons (Fsp3) is 0.308. The highest BCUT2D eigenvalue weighted by molar-refractivity contribution is 6.14. The number of rotatable bonds is 2. The van der Waals surface area contributed by atoms with Crippen LogP contribution in [0.3, 0.4) is 0 Å². The van der Waals surface area contributed by atoms with E-state index in [9.17, 15) is 4.79 Å². The highest BCUT2D eigenvalue weighted by atomic mass is 16.2. The van der Waals surface area contributed by atoms with Crippen LogP contribution >= 0.6 is 0 Å². The van der Waals surface area contributed by atoms with E-state index in [4.69, 9.17) is 0 Å². The first-order valence-electron chi connectivity index (χ1n) is 6.16. The molecule has 1 amide bonds. The minimum Gasteiger partial charge on any atom is -0.322 e. The van der Waals surface area contributed by atoms with Crippen molar-refractivity contribution < 1.29 is 4.79 Å². The van der Waals surface area contributed by atoms with Crippen LogP contribution in [0.4, 0.5) is 5.95 Å². The van der Waals surface area contributed by atoms with E-state index in [-0.39, 0.29) is 5.91 Å². The van der Waals surface area contributed by atoms with E-state index < -0.39 is 0 Å². The Morgan fingerprint density at radius 1 is 1.28 bits per heavy atom. The molecule has 18 heavy (non-hydrogen) atoms. The number of carbonyl (C=O) groups excluding carboxylic acids is 1. The first-order valence-corrected chi connectivity index (χ1v) is 6.16. The molecule has 0 unspecified atom stereocenters. The minimum absolute atomic E-state index is 0.0101. The zero-order chi connectivity index (χ0) is 12.1. The molecule has 1 aromatic carbocycles. The van der Waals surface area contributed by atoms with Crippen molar-refractivity contribution in [2.45, 2.75) is 19.3 Å². The number of aromatic nitrogens is 2. The van der Waals surface area contributed by atoms with E-state index in [1.165, 1.54) is 17.9 Å². The van der Waals surface area contributed by atoms with Crippen molar-refractivity contribution in [3.63, 3.8) is 0 Å². The standard InChI is InChI=1S/C13H12N4O/c18-12-7-11(8-5-6-8)16-17(12)13-14-9-3-1-2-4-10(9)15-13/h1-4,8H,5-7H2,(H,14,15).